The van der Waals surface area contributed by atoms with Crippen LogP contribution in [0.4, 0.5) is 4.53 Å². The van der Waals surface area contributed by atoms with Crippen LogP contribution < -0.4 is 15.8 Å². The van der Waals surface area contributed by atoms with Crippen LogP contribution in [0.1, 0.15) is 31.6 Å². The average Bonchev–Trinajstić information content (AvgIpc) is 2.78. The Morgan fingerprint density at radius 1 is 1.28 bits per heavy atom. The fourth-order valence-electron chi connectivity index (χ4n) is 3.61. The molecule has 0 bridgehead atoms. The number of aromatic nitrogens is 3. The summed E-state index contributed by atoms with van der Waals surface area (Å²) in [5.41, 5.74) is 0.830. The van der Waals surface area contributed by atoms with E-state index in [-0.39, 0.29) is 17.4 Å². The molecule has 1 aliphatic heterocycles. The van der Waals surface area contributed by atoms with Crippen molar-refractivity contribution in [3.8, 4) is 11.4 Å². The summed E-state index contributed by atoms with van der Waals surface area (Å²) in [4.78, 5) is 26.0. The maximum atomic E-state index is 13.3. The lowest BCUT2D eigenvalue weighted by molar-refractivity contribution is -0.00620. The lowest BCUT2D eigenvalue weighted by atomic mass is 10.0. The van der Waals surface area contributed by atoms with Gasteiger partial charge in [0.15, 0.2) is 11.4 Å². The molecule has 6 nitrogen and oxygen atoms in total. The summed E-state index contributed by atoms with van der Waals surface area (Å²) in [6.45, 7) is 2.89. The minimum absolute atomic E-state index is 0.0834. The van der Waals surface area contributed by atoms with Crippen molar-refractivity contribution in [1.82, 2.24) is 19.9 Å². The lowest BCUT2D eigenvalue weighted by Gasteiger charge is -2.25. The van der Waals surface area contributed by atoms with E-state index in [0.717, 1.165) is 6.54 Å². The molecule has 0 radical (unpaired) electrons. The highest BCUT2D eigenvalue weighted by Crippen LogP contribution is 2.24. The van der Waals surface area contributed by atoms with Crippen molar-refractivity contribution < 1.29 is 9.47 Å². The molecule has 3 heterocycles. The van der Waals surface area contributed by atoms with Gasteiger partial charge in [-0.05, 0) is 80.1 Å². The molecular formula is C21H23FN4O2S. The molecule has 1 aromatic carbocycles. The van der Waals surface area contributed by atoms with Gasteiger partial charge in [-0.3, -0.25) is 14.3 Å². The van der Waals surface area contributed by atoms with Crippen LogP contribution in [0.15, 0.2) is 47.4 Å². The zero-order valence-electron chi connectivity index (χ0n) is 16.2. The monoisotopic (exact) mass is 414 g/mol. The predicted molar refractivity (Wildman–Crippen MR) is 113 cm³/mol. The van der Waals surface area contributed by atoms with Crippen LogP contribution in [0.25, 0.3) is 16.7 Å². The third-order valence-electron chi connectivity index (χ3n) is 5.29. The number of halogens is 1. The van der Waals surface area contributed by atoms with Crippen molar-refractivity contribution in [3.05, 3.63) is 58.8 Å². The van der Waals surface area contributed by atoms with Crippen LogP contribution in [-0.4, -0.2) is 32.6 Å². The van der Waals surface area contributed by atoms with E-state index in [1.807, 2.05) is 18.7 Å². The van der Waals surface area contributed by atoms with Crippen LogP contribution in [0.5, 0.6) is 5.75 Å². The lowest BCUT2D eigenvalue weighted by Crippen LogP contribution is -2.33. The molecule has 0 amide bonds. The molecule has 152 valence electrons. The number of pyridine rings is 1. The van der Waals surface area contributed by atoms with E-state index in [1.165, 1.54) is 36.5 Å². The first-order valence-electron chi connectivity index (χ1n) is 9.75. The molecule has 1 unspecified atom stereocenters. The number of hydrogen-bond donors (Lipinski definition) is 1. The number of thioether (sulfide) groups is 1. The molecule has 1 N–H and O–H groups in total. The first kappa shape index (κ1) is 19.8. The predicted octanol–water partition coefficient (Wildman–Crippen LogP) is 3.84. The van der Waals surface area contributed by atoms with E-state index >= 15 is 0 Å². The van der Waals surface area contributed by atoms with E-state index in [2.05, 4.69) is 15.2 Å². The number of nitrogens with one attached hydrogen (secondary N) is 1. The van der Waals surface area contributed by atoms with E-state index in [1.54, 1.807) is 35.0 Å². The topological polar surface area (TPSA) is 69.0 Å². The molecule has 8 heteroatoms. The Labute approximate surface area is 172 Å². The van der Waals surface area contributed by atoms with Crippen LogP contribution in [-0.2, 0) is 0 Å². The second-order valence-electron chi connectivity index (χ2n) is 7.24. The summed E-state index contributed by atoms with van der Waals surface area (Å²) >= 11 is 2.00. The van der Waals surface area contributed by atoms with Crippen molar-refractivity contribution in [2.24, 2.45) is 5.92 Å². The zero-order valence-corrected chi connectivity index (χ0v) is 17.0. The normalized spacial score (nSPS) is 16.1. The Kier molecular flexibility index (Phi) is 6.10. The summed E-state index contributed by atoms with van der Waals surface area (Å²) in [5.74, 6) is 3.71. The molecule has 4 rings (SSSR count). The van der Waals surface area contributed by atoms with Crippen LogP contribution in [0.3, 0.4) is 0 Å². The Bertz CT molecular complexity index is 1040. The quantitative estimate of drug-likeness (QED) is 0.661. The van der Waals surface area contributed by atoms with E-state index in [0.29, 0.717) is 28.5 Å². The van der Waals surface area contributed by atoms with Crippen LogP contribution in [0.2, 0.25) is 0 Å². The SMILES string of the molecule is CC(NCC1CCSCC1)c1nc2ncccc2c(=O)n1-c1ccc(OF)cc1. The standard InChI is InChI=1S/C21H23FN4O2S/c1-14(24-13-15-8-11-29-12-9-15)20-25-19-18(3-2-10-23-19)21(27)26(20)16-4-6-17(28-22)7-5-16/h2-7,10,14-15,24H,8-9,11-13H2,1H3. The number of fused-ring (bicyclic) bond motifs is 1. The minimum Gasteiger partial charge on any atom is -0.307 e. The van der Waals surface area contributed by atoms with Crippen molar-refractivity contribution in [2.45, 2.75) is 25.8 Å². The molecule has 2 aromatic heterocycles. The first-order chi connectivity index (χ1) is 14.2. The summed E-state index contributed by atoms with van der Waals surface area (Å²) in [5, 5.41) is 3.99. The molecule has 1 saturated heterocycles. The molecule has 1 atom stereocenters. The van der Waals surface area contributed by atoms with Crippen LogP contribution >= 0.6 is 11.8 Å². The largest absolute Gasteiger partial charge is 0.307 e. The molecule has 3 aromatic rings. The summed E-state index contributed by atoms with van der Waals surface area (Å²) in [6.07, 6.45) is 4.04. The Hall–Kier alpha value is -2.45. The van der Waals surface area contributed by atoms with Gasteiger partial charge in [-0.2, -0.15) is 11.8 Å². The van der Waals surface area contributed by atoms with Gasteiger partial charge in [-0.25, -0.2) is 9.97 Å². The van der Waals surface area contributed by atoms with Gasteiger partial charge in [0, 0.05) is 10.7 Å². The number of benzene rings is 1. The molecule has 0 saturated carbocycles. The van der Waals surface area contributed by atoms with Crippen molar-refractivity contribution in [2.75, 3.05) is 18.1 Å². The zero-order chi connectivity index (χ0) is 20.2. The summed E-state index contributed by atoms with van der Waals surface area (Å²) in [7, 11) is 0. The second-order valence-corrected chi connectivity index (χ2v) is 8.47. The van der Waals surface area contributed by atoms with Crippen molar-refractivity contribution in [3.63, 3.8) is 0 Å². The molecule has 29 heavy (non-hydrogen) atoms. The van der Waals surface area contributed by atoms with Gasteiger partial charge in [-0.15, -0.1) is 0 Å². The second kappa shape index (κ2) is 8.92. The number of hydrogen-bond acceptors (Lipinski definition) is 6. The highest BCUT2D eigenvalue weighted by Gasteiger charge is 2.20. The Morgan fingerprint density at radius 2 is 2.03 bits per heavy atom. The van der Waals surface area contributed by atoms with Gasteiger partial charge in [0.05, 0.1) is 17.1 Å². The Balaban J connectivity index is 1.73. The molecule has 0 aliphatic carbocycles. The van der Waals surface area contributed by atoms with E-state index < -0.39 is 0 Å². The number of nitrogens with zero attached hydrogens (tertiary/aromatic N) is 3. The minimum atomic E-state index is -0.199. The highest BCUT2D eigenvalue weighted by atomic mass is 32.2. The molecule has 1 fully saturated rings. The molecule has 1 aliphatic rings. The van der Waals surface area contributed by atoms with E-state index in [4.69, 9.17) is 4.98 Å². The molecule has 0 spiro atoms. The van der Waals surface area contributed by atoms with Gasteiger partial charge in [-0.1, -0.05) is 0 Å². The van der Waals surface area contributed by atoms with E-state index in [9.17, 15) is 9.32 Å². The van der Waals surface area contributed by atoms with Gasteiger partial charge in [0.2, 0.25) is 0 Å². The van der Waals surface area contributed by atoms with Crippen LogP contribution in [0, 0.1) is 5.92 Å². The smallest absolute Gasteiger partial charge is 0.267 e. The third-order valence-corrected chi connectivity index (χ3v) is 6.34. The summed E-state index contributed by atoms with van der Waals surface area (Å²) < 4.78 is 14.0. The van der Waals surface area contributed by atoms with Crippen molar-refractivity contribution >= 4 is 22.8 Å². The summed E-state index contributed by atoms with van der Waals surface area (Å²) in [6, 6.07) is 9.55. The van der Waals surface area contributed by atoms with Gasteiger partial charge in [0.1, 0.15) is 5.82 Å². The number of rotatable bonds is 6. The third kappa shape index (κ3) is 4.28. The molecular weight excluding hydrogens is 391 g/mol. The average molecular weight is 415 g/mol. The van der Waals surface area contributed by atoms with Gasteiger partial charge < -0.3 is 5.32 Å². The maximum absolute atomic E-state index is 13.3. The van der Waals surface area contributed by atoms with Gasteiger partial charge >= 0.3 is 0 Å². The maximum Gasteiger partial charge on any atom is 0.267 e. The fraction of sp³-hybridized carbons (Fsp3) is 0.381. The highest BCUT2D eigenvalue weighted by molar-refractivity contribution is 7.99. The Morgan fingerprint density at radius 3 is 2.76 bits per heavy atom. The fourth-order valence-corrected chi connectivity index (χ4v) is 4.81. The van der Waals surface area contributed by atoms with Gasteiger partial charge in [0.25, 0.3) is 5.56 Å². The van der Waals surface area contributed by atoms with Crippen molar-refractivity contribution in [1.29, 1.82) is 0 Å². The first-order valence-corrected chi connectivity index (χ1v) is 10.9.